The van der Waals surface area contributed by atoms with E-state index in [2.05, 4.69) is 5.32 Å². The van der Waals surface area contributed by atoms with E-state index in [9.17, 15) is 4.79 Å². The number of para-hydroxylation sites is 1. The maximum atomic E-state index is 11.5. The molecule has 0 radical (unpaired) electrons. The van der Waals surface area contributed by atoms with Crippen molar-refractivity contribution in [2.75, 3.05) is 25.5 Å². The van der Waals surface area contributed by atoms with E-state index in [1.807, 2.05) is 43.1 Å². The fourth-order valence-corrected chi connectivity index (χ4v) is 2.03. The van der Waals surface area contributed by atoms with Gasteiger partial charge in [-0.05, 0) is 12.1 Å². The molecule has 0 heterocycles. The summed E-state index contributed by atoms with van der Waals surface area (Å²) in [4.78, 5) is 13.9. The van der Waals surface area contributed by atoms with Crippen LogP contribution in [0.15, 0.2) is 24.3 Å². The molecular formula is C13H19N3OS. The average Bonchev–Trinajstić information content (AvgIpc) is 2.37. The second-order valence-electron chi connectivity index (χ2n) is 4.28. The molecule has 0 spiro atoms. The highest BCUT2D eigenvalue weighted by Gasteiger charge is 2.16. The number of benzene rings is 1. The molecular weight excluding hydrogens is 246 g/mol. The number of rotatable bonds is 5. The van der Waals surface area contributed by atoms with Crippen LogP contribution in [0.25, 0.3) is 0 Å². The summed E-state index contributed by atoms with van der Waals surface area (Å²) in [5.74, 6) is -0.0749. The Morgan fingerprint density at radius 3 is 2.67 bits per heavy atom. The standard InChI is InChI=1S/C13H19N3OS/c1-9(13(17)15-2)8-16(3)11-7-5-4-6-10(11)12(14)18/h4-7,9H,8H2,1-3H3,(H2,14,18)(H,15,17). The van der Waals surface area contributed by atoms with Crippen molar-refractivity contribution in [3.05, 3.63) is 29.8 Å². The minimum atomic E-state index is -0.0978. The summed E-state index contributed by atoms with van der Waals surface area (Å²) >= 11 is 5.03. The van der Waals surface area contributed by atoms with Gasteiger partial charge in [0.15, 0.2) is 0 Å². The summed E-state index contributed by atoms with van der Waals surface area (Å²) in [6, 6.07) is 7.66. The second kappa shape index (κ2) is 6.35. The highest BCUT2D eigenvalue weighted by Crippen LogP contribution is 2.20. The monoisotopic (exact) mass is 265 g/mol. The highest BCUT2D eigenvalue weighted by atomic mass is 32.1. The number of carbonyl (C=O) groups is 1. The van der Waals surface area contributed by atoms with Crippen molar-refractivity contribution in [3.63, 3.8) is 0 Å². The fourth-order valence-electron chi connectivity index (χ4n) is 1.85. The molecule has 5 heteroatoms. The molecule has 0 saturated carbocycles. The van der Waals surface area contributed by atoms with Gasteiger partial charge in [-0.1, -0.05) is 31.3 Å². The van der Waals surface area contributed by atoms with Crippen LogP contribution in [0.5, 0.6) is 0 Å². The Balaban J connectivity index is 2.87. The third-order valence-electron chi connectivity index (χ3n) is 2.82. The lowest BCUT2D eigenvalue weighted by atomic mass is 10.1. The lowest BCUT2D eigenvalue weighted by Gasteiger charge is -2.24. The lowest BCUT2D eigenvalue weighted by molar-refractivity contribution is -0.123. The van der Waals surface area contributed by atoms with Crippen molar-refractivity contribution in [3.8, 4) is 0 Å². The van der Waals surface area contributed by atoms with Crippen LogP contribution in [0.4, 0.5) is 5.69 Å². The van der Waals surface area contributed by atoms with Crippen molar-refractivity contribution in [1.82, 2.24) is 5.32 Å². The first kappa shape index (κ1) is 14.4. The van der Waals surface area contributed by atoms with E-state index in [-0.39, 0.29) is 11.8 Å². The quantitative estimate of drug-likeness (QED) is 0.784. The van der Waals surface area contributed by atoms with Crippen LogP contribution >= 0.6 is 12.2 Å². The van der Waals surface area contributed by atoms with Crippen LogP contribution in [0.2, 0.25) is 0 Å². The van der Waals surface area contributed by atoms with Crippen LogP contribution in [0.3, 0.4) is 0 Å². The van der Waals surface area contributed by atoms with E-state index in [0.717, 1.165) is 11.3 Å². The van der Waals surface area contributed by atoms with Gasteiger partial charge in [-0.3, -0.25) is 4.79 Å². The number of nitrogens with two attached hydrogens (primary N) is 1. The molecule has 0 fully saturated rings. The van der Waals surface area contributed by atoms with Crippen molar-refractivity contribution in [2.45, 2.75) is 6.92 Å². The fraction of sp³-hybridized carbons (Fsp3) is 0.385. The van der Waals surface area contributed by atoms with Gasteiger partial charge in [0.1, 0.15) is 4.99 Å². The summed E-state index contributed by atoms with van der Waals surface area (Å²) in [7, 11) is 3.57. The number of hydrogen-bond acceptors (Lipinski definition) is 3. The normalized spacial score (nSPS) is 11.7. The van der Waals surface area contributed by atoms with Gasteiger partial charge in [-0.25, -0.2) is 0 Å². The molecule has 1 rings (SSSR count). The largest absolute Gasteiger partial charge is 0.389 e. The molecule has 18 heavy (non-hydrogen) atoms. The average molecular weight is 265 g/mol. The Kier molecular flexibility index (Phi) is 5.09. The smallest absolute Gasteiger partial charge is 0.224 e. The van der Waals surface area contributed by atoms with E-state index in [4.69, 9.17) is 18.0 Å². The third kappa shape index (κ3) is 3.43. The van der Waals surface area contributed by atoms with E-state index in [0.29, 0.717) is 11.5 Å². The zero-order valence-electron chi connectivity index (χ0n) is 10.9. The first-order valence-electron chi connectivity index (χ1n) is 5.79. The predicted octanol–water partition coefficient (Wildman–Crippen LogP) is 1.14. The maximum Gasteiger partial charge on any atom is 0.224 e. The number of amides is 1. The van der Waals surface area contributed by atoms with Crippen LogP contribution in [0, 0.1) is 5.92 Å². The summed E-state index contributed by atoms with van der Waals surface area (Å²) < 4.78 is 0. The van der Waals surface area contributed by atoms with Crippen molar-refractivity contribution >= 4 is 28.8 Å². The van der Waals surface area contributed by atoms with Crippen molar-refractivity contribution in [2.24, 2.45) is 11.7 Å². The number of nitrogens with zero attached hydrogens (tertiary/aromatic N) is 1. The predicted molar refractivity (Wildman–Crippen MR) is 78.8 cm³/mol. The molecule has 0 aromatic heterocycles. The van der Waals surface area contributed by atoms with Gasteiger partial charge in [0, 0.05) is 31.9 Å². The lowest BCUT2D eigenvalue weighted by Crippen LogP contribution is -2.35. The molecule has 1 amide bonds. The number of hydrogen-bond donors (Lipinski definition) is 2. The Bertz CT molecular complexity index is 448. The summed E-state index contributed by atoms with van der Waals surface area (Å²) in [5, 5.41) is 2.64. The Labute approximate surface area is 113 Å². The molecule has 1 unspecified atom stereocenters. The van der Waals surface area contributed by atoms with Gasteiger partial charge in [0.05, 0.1) is 5.92 Å². The molecule has 98 valence electrons. The zero-order chi connectivity index (χ0) is 13.7. The molecule has 3 N–H and O–H groups in total. The zero-order valence-corrected chi connectivity index (χ0v) is 11.8. The van der Waals surface area contributed by atoms with Gasteiger partial charge < -0.3 is 16.0 Å². The van der Waals surface area contributed by atoms with Gasteiger partial charge in [0.25, 0.3) is 0 Å². The van der Waals surface area contributed by atoms with Crippen LogP contribution < -0.4 is 16.0 Å². The van der Waals surface area contributed by atoms with Crippen molar-refractivity contribution in [1.29, 1.82) is 0 Å². The number of nitrogens with one attached hydrogen (secondary N) is 1. The Hall–Kier alpha value is -1.62. The molecule has 1 atom stereocenters. The molecule has 1 aromatic carbocycles. The molecule has 4 nitrogen and oxygen atoms in total. The Morgan fingerprint density at radius 1 is 1.50 bits per heavy atom. The summed E-state index contributed by atoms with van der Waals surface area (Å²) in [5.41, 5.74) is 7.47. The molecule has 0 saturated heterocycles. The molecule has 1 aromatic rings. The minimum Gasteiger partial charge on any atom is -0.389 e. The Morgan fingerprint density at radius 2 is 2.11 bits per heavy atom. The maximum absolute atomic E-state index is 11.5. The SMILES string of the molecule is CNC(=O)C(C)CN(C)c1ccccc1C(N)=S. The molecule has 0 aliphatic carbocycles. The van der Waals surface area contributed by atoms with E-state index >= 15 is 0 Å². The van der Waals surface area contributed by atoms with Gasteiger partial charge in [-0.2, -0.15) is 0 Å². The van der Waals surface area contributed by atoms with E-state index in [1.165, 1.54) is 0 Å². The first-order chi connectivity index (χ1) is 8.47. The van der Waals surface area contributed by atoms with Gasteiger partial charge >= 0.3 is 0 Å². The number of carbonyl (C=O) groups excluding carboxylic acids is 1. The van der Waals surface area contributed by atoms with Crippen LogP contribution in [0.1, 0.15) is 12.5 Å². The first-order valence-corrected chi connectivity index (χ1v) is 6.19. The third-order valence-corrected chi connectivity index (χ3v) is 3.04. The molecule has 0 bridgehead atoms. The summed E-state index contributed by atoms with van der Waals surface area (Å²) in [6.45, 7) is 2.50. The highest BCUT2D eigenvalue weighted by molar-refractivity contribution is 7.80. The minimum absolute atomic E-state index is 0.0228. The molecule has 0 aliphatic heterocycles. The second-order valence-corrected chi connectivity index (χ2v) is 4.72. The van der Waals surface area contributed by atoms with Gasteiger partial charge in [-0.15, -0.1) is 0 Å². The number of anilines is 1. The number of thiocarbonyl (C=S) groups is 1. The van der Waals surface area contributed by atoms with Gasteiger partial charge in [0.2, 0.25) is 5.91 Å². The summed E-state index contributed by atoms with van der Waals surface area (Å²) in [6.07, 6.45) is 0. The topological polar surface area (TPSA) is 58.4 Å². The van der Waals surface area contributed by atoms with E-state index < -0.39 is 0 Å². The van der Waals surface area contributed by atoms with Crippen molar-refractivity contribution < 1.29 is 4.79 Å². The van der Waals surface area contributed by atoms with Crippen LogP contribution in [-0.4, -0.2) is 31.5 Å². The van der Waals surface area contributed by atoms with E-state index in [1.54, 1.807) is 7.05 Å². The molecule has 0 aliphatic rings. The van der Waals surface area contributed by atoms with Crippen LogP contribution in [-0.2, 0) is 4.79 Å².